The lowest BCUT2D eigenvalue weighted by Gasteiger charge is -2.24. The van der Waals surface area contributed by atoms with Gasteiger partial charge in [0.15, 0.2) is 9.84 Å². The van der Waals surface area contributed by atoms with Crippen LogP contribution in [0.3, 0.4) is 0 Å². The van der Waals surface area contributed by atoms with Crippen molar-refractivity contribution in [2.24, 2.45) is 5.73 Å². The maximum absolute atomic E-state index is 12.9. The van der Waals surface area contributed by atoms with E-state index < -0.39 is 15.2 Å². The zero-order valence-electron chi connectivity index (χ0n) is 12.2. The van der Waals surface area contributed by atoms with Crippen LogP contribution in [0.5, 0.6) is 0 Å². The van der Waals surface area contributed by atoms with Gasteiger partial charge in [0.2, 0.25) is 0 Å². The predicted molar refractivity (Wildman–Crippen MR) is 84.4 cm³/mol. The van der Waals surface area contributed by atoms with E-state index in [1.807, 2.05) is 30.3 Å². The molecule has 2 N–H and O–H groups in total. The van der Waals surface area contributed by atoms with Gasteiger partial charge in [-0.25, -0.2) is 8.42 Å². The molecule has 0 spiro atoms. The van der Waals surface area contributed by atoms with Gasteiger partial charge in [-0.15, -0.1) is 0 Å². The average Bonchev–Trinajstić information content (AvgIpc) is 2.48. The van der Waals surface area contributed by atoms with Crippen molar-refractivity contribution in [2.45, 2.75) is 16.8 Å². The summed E-state index contributed by atoms with van der Waals surface area (Å²) in [4.78, 5) is 2.02. The Morgan fingerprint density at radius 3 is 2.05 bits per heavy atom. The van der Waals surface area contributed by atoms with Crippen LogP contribution < -0.4 is 5.73 Å². The maximum atomic E-state index is 12.9. The molecule has 1 atom stereocenters. The molecule has 0 radical (unpaired) electrons. The second-order valence-electron chi connectivity index (χ2n) is 5.12. The Bertz CT molecular complexity index is 680. The summed E-state index contributed by atoms with van der Waals surface area (Å²) < 4.78 is 25.8. The van der Waals surface area contributed by atoms with Crippen LogP contribution in [0.1, 0.15) is 16.5 Å². The molecule has 0 saturated heterocycles. The van der Waals surface area contributed by atoms with E-state index in [0.717, 1.165) is 11.1 Å². The normalized spacial score (nSPS) is 13.3. The molecule has 4 nitrogen and oxygen atoms in total. The summed E-state index contributed by atoms with van der Waals surface area (Å²) in [5.41, 5.74) is 7.22. The molecule has 0 aliphatic rings. The van der Waals surface area contributed by atoms with Crippen LogP contribution >= 0.6 is 0 Å². The second kappa shape index (κ2) is 6.39. The van der Waals surface area contributed by atoms with Crippen LogP contribution in [-0.2, 0) is 16.4 Å². The smallest absolute Gasteiger partial charge is 0.198 e. The Kier molecular flexibility index (Phi) is 4.77. The molecule has 2 aromatic carbocycles. The molecular weight excluding hydrogens is 284 g/mol. The zero-order valence-corrected chi connectivity index (χ0v) is 13.0. The van der Waals surface area contributed by atoms with Crippen LogP contribution in [-0.4, -0.2) is 27.4 Å². The van der Waals surface area contributed by atoms with Crippen molar-refractivity contribution in [3.63, 3.8) is 0 Å². The van der Waals surface area contributed by atoms with E-state index in [9.17, 15) is 8.42 Å². The van der Waals surface area contributed by atoms with E-state index >= 15 is 0 Å². The van der Waals surface area contributed by atoms with Crippen molar-refractivity contribution >= 4 is 9.84 Å². The van der Waals surface area contributed by atoms with E-state index in [2.05, 4.69) is 0 Å². The van der Waals surface area contributed by atoms with E-state index in [-0.39, 0.29) is 0 Å². The van der Waals surface area contributed by atoms with Gasteiger partial charge in [0.05, 0.1) is 4.90 Å². The van der Waals surface area contributed by atoms with Crippen molar-refractivity contribution in [3.05, 3.63) is 65.7 Å². The van der Waals surface area contributed by atoms with Gasteiger partial charge < -0.3 is 5.73 Å². The lowest BCUT2D eigenvalue weighted by atomic mass is 10.2. The average molecular weight is 304 g/mol. The topological polar surface area (TPSA) is 63.4 Å². The van der Waals surface area contributed by atoms with Crippen molar-refractivity contribution < 1.29 is 8.42 Å². The fourth-order valence-electron chi connectivity index (χ4n) is 2.32. The summed E-state index contributed by atoms with van der Waals surface area (Å²) in [6.45, 7) is 0.399. The van der Waals surface area contributed by atoms with Gasteiger partial charge in [0.25, 0.3) is 0 Å². The van der Waals surface area contributed by atoms with E-state index in [4.69, 9.17) is 5.73 Å². The molecule has 1 unspecified atom stereocenters. The highest BCUT2D eigenvalue weighted by atomic mass is 32.2. The highest BCUT2D eigenvalue weighted by Crippen LogP contribution is 2.30. The van der Waals surface area contributed by atoms with Crippen molar-refractivity contribution in [2.75, 3.05) is 14.1 Å². The molecule has 0 amide bonds. The Hall–Kier alpha value is -1.69. The number of nitrogens with two attached hydrogens (primary N) is 1. The molecule has 0 aromatic heterocycles. The number of sulfone groups is 1. The molecule has 0 heterocycles. The summed E-state index contributed by atoms with van der Waals surface area (Å²) in [7, 11) is 0.0414. The van der Waals surface area contributed by atoms with Gasteiger partial charge >= 0.3 is 0 Å². The lowest BCUT2D eigenvalue weighted by Crippen LogP contribution is -2.28. The monoisotopic (exact) mass is 304 g/mol. The third-order valence-electron chi connectivity index (χ3n) is 3.34. The van der Waals surface area contributed by atoms with Gasteiger partial charge in [0.1, 0.15) is 5.37 Å². The SMILES string of the molecule is CN(C)C(c1ccccc1)S(=O)(=O)c1ccc(CN)cc1. The highest BCUT2D eigenvalue weighted by Gasteiger charge is 2.30. The summed E-state index contributed by atoms with van der Waals surface area (Å²) in [5, 5.41) is -0.706. The zero-order chi connectivity index (χ0) is 15.5. The molecule has 0 aliphatic heterocycles. The first-order valence-electron chi connectivity index (χ1n) is 6.71. The Labute approximate surface area is 126 Å². The van der Waals surface area contributed by atoms with Crippen molar-refractivity contribution in [3.8, 4) is 0 Å². The molecule has 0 bridgehead atoms. The molecule has 2 rings (SSSR count). The molecule has 2 aromatic rings. The molecule has 5 heteroatoms. The Morgan fingerprint density at radius 2 is 1.57 bits per heavy atom. The fraction of sp³-hybridized carbons (Fsp3) is 0.250. The molecule has 0 aliphatic carbocycles. The highest BCUT2D eigenvalue weighted by molar-refractivity contribution is 7.91. The quantitative estimate of drug-likeness (QED) is 0.919. The minimum absolute atomic E-state index is 0.308. The van der Waals surface area contributed by atoms with Crippen molar-refractivity contribution in [1.29, 1.82) is 0 Å². The number of hydrogen-bond donors (Lipinski definition) is 1. The lowest BCUT2D eigenvalue weighted by molar-refractivity contribution is 0.370. The van der Waals surface area contributed by atoms with Gasteiger partial charge in [-0.3, -0.25) is 4.90 Å². The number of nitrogens with zero attached hydrogens (tertiary/aromatic N) is 1. The van der Waals surface area contributed by atoms with Crippen LogP contribution in [0.25, 0.3) is 0 Å². The predicted octanol–water partition coefficient (Wildman–Crippen LogP) is 2.18. The summed E-state index contributed by atoms with van der Waals surface area (Å²) in [5.74, 6) is 0. The van der Waals surface area contributed by atoms with Gasteiger partial charge in [-0.05, 0) is 37.4 Å². The molecule has 0 fully saturated rings. The second-order valence-corrected chi connectivity index (χ2v) is 7.13. The fourth-order valence-corrected chi connectivity index (χ4v) is 4.16. The Balaban J connectivity index is 2.47. The van der Waals surface area contributed by atoms with Gasteiger partial charge in [0, 0.05) is 6.54 Å². The minimum Gasteiger partial charge on any atom is -0.326 e. The maximum Gasteiger partial charge on any atom is 0.198 e. The summed E-state index contributed by atoms with van der Waals surface area (Å²) >= 11 is 0. The van der Waals surface area contributed by atoms with Gasteiger partial charge in [-0.2, -0.15) is 0 Å². The van der Waals surface area contributed by atoms with Gasteiger partial charge in [-0.1, -0.05) is 42.5 Å². The molecule has 21 heavy (non-hydrogen) atoms. The van der Waals surface area contributed by atoms with Crippen molar-refractivity contribution in [1.82, 2.24) is 4.90 Å². The van der Waals surface area contributed by atoms with Crippen LogP contribution in [0.2, 0.25) is 0 Å². The molecule has 0 saturated carbocycles. The van der Waals surface area contributed by atoms with Crippen LogP contribution in [0, 0.1) is 0 Å². The summed E-state index contributed by atoms with van der Waals surface area (Å²) in [6, 6.07) is 16.0. The van der Waals surface area contributed by atoms with E-state index in [1.54, 1.807) is 43.3 Å². The number of benzene rings is 2. The Morgan fingerprint density at radius 1 is 1.00 bits per heavy atom. The van der Waals surface area contributed by atoms with E-state index in [0.29, 0.717) is 11.4 Å². The molecule has 112 valence electrons. The minimum atomic E-state index is -3.49. The first kappa shape index (κ1) is 15.7. The number of rotatable bonds is 5. The third kappa shape index (κ3) is 3.32. The molecular formula is C16H20N2O2S. The third-order valence-corrected chi connectivity index (χ3v) is 5.55. The van der Waals surface area contributed by atoms with Crippen LogP contribution in [0.15, 0.2) is 59.5 Å². The van der Waals surface area contributed by atoms with E-state index in [1.165, 1.54) is 0 Å². The number of hydrogen-bond acceptors (Lipinski definition) is 4. The first-order chi connectivity index (χ1) is 9.96. The van der Waals surface area contributed by atoms with Crippen LogP contribution in [0.4, 0.5) is 0 Å². The first-order valence-corrected chi connectivity index (χ1v) is 8.25. The largest absolute Gasteiger partial charge is 0.326 e. The summed E-state index contributed by atoms with van der Waals surface area (Å²) in [6.07, 6.45) is 0. The standard InChI is InChI=1S/C16H20N2O2S/c1-18(2)16(14-6-4-3-5-7-14)21(19,20)15-10-8-13(12-17)9-11-15/h3-11,16H,12,17H2,1-2H3.